The molecular formula is C15H22N4O. The fourth-order valence-corrected chi connectivity index (χ4v) is 1.92. The Hall–Kier alpha value is -1.88. The Labute approximate surface area is 119 Å². The van der Waals surface area contributed by atoms with Gasteiger partial charge in [0, 0.05) is 30.1 Å². The third-order valence-corrected chi connectivity index (χ3v) is 2.76. The largest absolute Gasteiger partial charge is 0.419 e. The summed E-state index contributed by atoms with van der Waals surface area (Å²) in [5, 5.41) is 10.3. The number of nitrogens with zero attached hydrogens (tertiary/aromatic N) is 2. The number of nitrogens with one attached hydrogen (secondary N) is 2. The third kappa shape index (κ3) is 4.35. The fraction of sp³-hybridized carbons (Fsp3) is 0.467. The quantitative estimate of drug-likeness (QED) is 0.850. The van der Waals surface area contributed by atoms with Crippen molar-refractivity contribution in [3.05, 3.63) is 35.2 Å². The van der Waals surface area contributed by atoms with Crippen molar-refractivity contribution in [1.82, 2.24) is 20.5 Å². The fourth-order valence-electron chi connectivity index (χ4n) is 1.92. The van der Waals surface area contributed by atoms with Gasteiger partial charge in [0.15, 0.2) is 0 Å². The Morgan fingerprint density at radius 3 is 2.65 bits per heavy atom. The molecule has 0 saturated heterocycles. The van der Waals surface area contributed by atoms with E-state index in [1.807, 2.05) is 26.0 Å². The number of hydrogen-bond acceptors (Lipinski definition) is 4. The van der Waals surface area contributed by atoms with Crippen molar-refractivity contribution in [1.29, 1.82) is 0 Å². The first-order chi connectivity index (χ1) is 9.52. The summed E-state index contributed by atoms with van der Waals surface area (Å²) in [7, 11) is 0. The monoisotopic (exact) mass is 274 g/mol. The summed E-state index contributed by atoms with van der Waals surface area (Å²) in [6.07, 6.45) is 0. The molecule has 0 aliphatic carbocycles. The number of ether oxygens (including phenoxy) is 1. The van der Waals surface area contributed by atoms with Gasteiger partial charge < -0.3 is 10.1 Å². The lowest BCUT2D eigenvalue weighted by atomic mass is 10.2. The molecule has 5 heteroatoms. The van der Waals surface area contributed by atoms with Crippen LogP contribution in [-0.2, 0) is 6.54 Å². The van der Waals surface area contributed by atoms with E-state index in [1.54, 1.807) is 0 Å². The first-order valence-corrected chi connectivity index (χ1v) is 6.91. The van der Waals surface area contributed by atoms with Crippen molar-refractivity contribution >= 4 is 0 Å². The van der Waals surface area contributed by atoms with Crippen LogP contribution in [0.25, 0.3) is 0 Å². The highest BCUT2D eigenvalue weighted by Crippen LogP contribution is 2.19. The minimum absolute atomic E-state index is 0.543. The molecule has 20 heavy (non-hydrogen) atoms. The van der Waals surface area contributed by atoms with Crippen LogP contribution in [0.1, 0.15) is 30.8 Å². The molecule has 2 heterocycles. The molecule has 0 saturated carbocycles. The topological polar surface area (TPSA) is 62.8 Å². The maximum Gasteiger partial charge on any atom is 0.240 e. The van der Waals surface area contributed by atoms with Crippen LogP contribution in [-0.4, -0.2) is 21.7 Å². The van der Waals surface area contributed by atoms with Gasteiger partial charge in [-0.05, 0) is 37.9 Å². The summed E-state index contributed by atoms with van der Waals surface area (Å²) in [5.41, 5.74) is 3.07. The molecule has 0 spiro atoms. The Morgan fingerprint density at radius 2 is 2.00 bits per heavy atom. The Balaban J connectivity index is 2.04. The molecule has 0 aliphatic rings. The van der Waals surface area contributed by atoms with E-state index in [1.165, 1.54) is 5.56 Å². The molecule has 2 N–H and O–H groups in total. The molecule has 0 unspecified atom stereocenters. The zero-order chi connectivity index (χ0) is 14.5. The molecule has 108 valence electrons. The molecule has 2 rings (SSSR count). The molecule has 0 aromatic carbocycles. The van der Waals surface area contributed by atoms with Gasteiger partial charge in [-0.2, -0.15) is 0 Å². The number of H-pyrrole nitrogens is 1. The highest BCUT2D eigenvalue weighted by atomic mass is 16.5. The van der Waals surface area contributed by atoms with Crippen molar-refractivity contribution < 1.29 is 4.74 Å². The lowest BCUT2D eigenvalue weighted by molar-refractivity contribution is 0.441. The number of pyridine rings is 1. The van der Waals surface area contributed by atoms with E-state index in [-0.39, 0.29) is 0 Å². The lowest BCUT2D eigenvalue weighted by Gasteiger charge is -2.09. The van der Waals surface area contributed by atoms with E-state index in [9.17, 15) is 0 Å². The SMILES string of the molecule is Cc1cc(CNCC(C)C)cc(Oc2cc(C)[nH]n2)n1. The summed E-state index contributed by atoms with van der Waals surface area (Å²) in [4.78, 5) is 4.38. The van der Waals surface area contributed by atoms with Gasteiger partial charge in [-0.1, -0.05) is 13.8 Å². The van der Waals surface area contributed by atoms with Gasteiger partial charge in [-0.3, -0.25) is 5.10 Å². The van der Waals surface area contributed by atoms with Crippen LogP contribution >= 0.6 is 0 Å². The number of aromatic nitrogens is 3. The Morgan fingerprint density at radius 1 is 1.20 bits per heavy atom. The minimum Gasteiger partial charge on any atom is -0.419 e. The van der Waals surface area contributed by atoms with Gasteiger partial charge in [-0.25, -0.2) is 4.98 Å². The molecule has 0 amide bonds. The summed E-state index contributed by atoms with van der Waals surface area (Å²) in [5.74, 6) is 1.76. The molecule has 2 aromatic rings. The van der Waals surface area contributed by atoms with Crippen molar-refractivity contribution in [2.24, 2.45) is 5.92 Å². The molecule has 0 fully saturated rings. The number of hydrogen-bond donors (Lipinski definition) is 2. The highest BCUT2D eigenvalue weighted by molar-refractivity contribution is 5.27. The smallest absolute Gasteiger partial charge is 0.240 e. The first-order valence-electron chi connectivity index (χ1n) is 6.91. The van der Waals surface area contributed by atoms with E-state index in [4.69, 9.17) is 4.74 Å². The van der Waals surface area contributed by atoms with Crippen molar-refractivity contribution in [2.75, 3.05) is 6.54 Å². The van der Waals surface area contributed by atoms with Crippen molar-refractivity contribution in [2.45, 2.75) is 34.2 Å². The predicted molar refractivity (Wildman–Crippen MR) is 78.9 cm³/mol. The predicted octanol–water partition coefficient (Wildman–Crippen LogP) is 2.96. The molecule has 0 aliphatic heterocycles. The second-order valence-corrected chi connectivity index (χ2v) is 5.47. The second-order valence-electron chi connectivity index (χ2n) is 5.47. The zero-order valence-corrected chi connectivity index (χ0v) is 12.5. The van der Waals surface area contributed by atoms with Gasteiger partial charge in [0.2, 0.25) is 11.8 Å². The Bertz CT molecular complexity index is 563. The van der Waals surface area contributed by atoms with Gasteiger partial charge in [-0.15, -0.1) is 5.10 Å². The van der Waals surface area contributed by atoms with Crippen LogP contribution in [0, 0.1) is 19.8 Å². The van der Waals surface area contributed by atoms with Crippen LogP contribution in [0.15, 0.2) is 18.2 Å². The van der Waals surface area contributed by atoms with Crippen LogP contribution in [0.2, 0.25) is 0 Å². The van der Waals surface area contributed by atoms with E-state index < -0.39 is 0 Å². The van der Waals surface area contributed by atoms with E-state index in [2.05, 4.69) is 40.4 Å². The van der Waals surface area contributed by atoms with Gasteiger partial charge in [0.1, 0.15) is 0 Å². The van der Waals surface area contributed by atoms with Crippen LogP contribution in [0.3, 0.4) is 0 Å². The van der Waals surface area contributed by atoms with Crippen LogP contribution < -0.4 is 10.1 Å². The van der Waals surface area contributed by atoms with Gasteiger partial charge in [0.25, 0.3) is 0 Å². The van der Waals surface area contributed by atoms with E-state index >= 15 is 0 Å². The molecule has 0 radical (unpaired) electrons. The summed E-state index contributed by atoms with van der Waals surface area (Å²) in [6.45, 7) is 10.1. The zero-order valence-electron chi connectivity index (χ0n) is 12.5. The van der Waals surface area contributed by atoms with Crippen LogP contribution in [0.4, 0.5) is 0 Å². The van der Waals surface area contributed by atoms with Gasteiger partial charge >= 0.3 is 0 Å². The van der Waals surface area contributed by atoms with Crippen LogP contribution in [0.5, 0.6) is 11.8 Å². The number of aryl methyl sites for hydroxylation is 2. The highest BCUT2D eigenvalue weighted by Gasteiger charge is 2.05. The molecule has 0 bridgehead atoms. The number of aromatic amines is 1. The second kappa shape index (κ2) is 6.52. The summed E-state index contributed by atoms with van der Waals surface area (Å²) in [6, 6.07) is 5.86. The standard InChI is InChI=1S/C15H22N4O/c1-10(2)8-16-9-13-5-11(3)17-14(7-13)20-15-6-12(4)18-19-15/h5-7,10,16H,8-9H2,1-4H3,(H,18,19). The van der Waals surface area contributed by atoms with Crippen molar-refractivity contribution in [3.8, 4) is 11.8 Å². The number of rotatable bonds is 6. The van der Waals surface area contributed by atoms with Crippen molar-refractivity contribution in [3.63, 3.8) is 0 Å². The maximum atomic E-state index is 5.67. The average Bonchev–Trinajstić information content (AvgIpc) is 2.73. The van der Waals surface area contributed by atoms with E-state index in [0.29, 0.717) is 17.7 Å². The summed E-state index contributed by atoms with van der Waals surface area (Å²) >= 11 is 0. The van der Waals surface area contributed by atoms with E-state index in [0.717, 1.165) is 24.5 Å². The molecule has 0 atom stereocenters. The average molecular weight is 274 g/mol. The maximum absolute atomic E-state index is 5.67. The Kier molecular flexibility index (Phi) is 4.74. The first kappa shape index (κ1) is 14.5. The third-order valence-electron chi connectivity index (χ3n) is 2.76. The molecular weight excluding hydrogens is 252 g/mol. The molecule has 5 nitrogen and oxygen atoms in total. The molecule has 2 aromatic heterocycles. The lowest BCUT2D eigenvalue weighted by Crippen LogP contribution is -2.19. The van der Waals surface area contributed by atoms with Gasteiger partial charge in [0.05, 0.1) is 0 Å². The minimum atomic E-state index is 0.543. The summed E-state index contributed by atoms with van der Waals surface area (Å²) < 4.78 is 5.67. The normalized spacial score (nSPS) is 11.1.